The molecule has 1 heterocycles. The predicted octanol–water partition coefficient (Wildman–Crippen LogP) is 4.83. The van der Waals surface area contributed by atoms with E-state index in [0.717, 1.165) is 28.7 Å². The van der Waals surface area contributed by atoms with Crippen LogP contribution in [0.15, 0.2) is 22.7 Å². The molecule has 1 fully saturated rings. The summed E-state index contributed by atoms with van der Waals surface area (Å²) < 4.78 is 14.6. The molecular formula is C15H14BrClFN3. The van der Waals surface area contributed by atoms with E-state index >= 15 is 0 Å². The van der Waals surface area contributed by atoms with E-state index in [2.05, 4.69) is 31.2 Å². The molecule has 0 saturated heterocycles. The second-order valence-corrected chi connectivity index (χ2v) is 6.48. The molecule has 0 amide bonds. The second-order valence-electron chi connectivity index (χ2n) is 5.21. The molecule has 6 heteroatoms. The molecule has 1 aromatic carbocycles. The number of halogens is 3. The van der Waals surface area contributed by atoms with Crippen molar-refractivity contribution in [1.82, 2.24) is 9.97 Å². The maximum Gasteiger partial charge on any atom is 0.137 e. The Hall–Kier alpha value is -1.20. The van der Waals surface area contributed by atoms with Crippen molar-refractivity contribution in [3.05, 3.63) is 50.6 Å². The van der Waals surface area contributed by atoms with Gasteiger partial charge in [0.15, 0.2) is 0 Å². The van der Waals surface area contributed by atoms with Gasteiger partial charge in [-0.05, 0) is 38.0 Å². The highest BCUT2D eigenvalue weighted by atomic mass is 79.9. The first kappa shape index (κ1) is 14.7. The van der Waals surface area contributed by atoms with E-state index in [1.54, 1.807) is 12.1 Å². The van der Waals surface area contributed by atoms with Crippen LogP contribution in [-0.4, -0.2) is 9.97 Å². The number of hydrogen-bond donors (Lipinski definition) is 1. The zero-order chi connectivity index (χ0) is 15.0. The van der Waals surface area contributed by atoms with Crippen LogP contribution < -0.4 is 5.32 Å². The van der Waals surface area contributed by atoms with Crippen LogP contribution in [0.1, 0.15) is 35.7 Å². The summed E-state index contributed by atoms with van der Waals surface area (Å²) in [5.74, 6) is 1.64. The van der Waals surface area contributed by atoms with Crippen LogP contribution in [0.5, 0.6) is 0 Å². The monoisotopic (exact) mass is 369 g/mol. The van der Waals surface area contributed by atoms with E-state index in [1.807, 2.05) is 6.92 Å². The molecule has 0 radical (unpaired) electrons. The Labute approximate surface area is 136 Å². The summed E-state index contributed by atoms with van der Waals surface area (Å²) in [4.78, 5) is 8.84. The molecule has 0 spiro atoms. The van der Waals surface area contributed by atoms with Crippen LogP contribution in [0.25, 0.3) is 0 Å². The van der Waals surface area contributed by atoms with Crippen molar-refractivity contribution in [3.63, 3.8) is 0 Å². The minimum atomic E-state index is -0.245. The Morgan fingerprint density at radius 2 is 2.14 bits per heavy atom. The lowest BCUT2D eigenvalue weighted by molar-refractivity contribution is 0.612. The summed E-state index contributed by atoms with van der Waals surface area (Å²) in [5.41, 5.74) is 1.36. The largest absolute Gasteiger partial charge is 0.366 e. The molecule has 2 aromatic rings. The van der Waals surface area contributed by atoms with Crippen LogP contribution in [0.4, 0.5) is 10.2 Å². The summed E-state index contributed by atoms with van der Waals surface area (Å²) in [6, 6.07) is 4.87. The highest BCUT2D eigenvalue weighted by Gasteiger charge is 2.28. The SMILES string of the molecule is Cc1c(Cl)nc(C2CC2)nc1NCc1cc(Br)ccc1F. The van der Waals surface area contributed by atoms with E-state index in [0.29, 0.717) is 29.0 Å². The van der Waals surface area contributed by atoms with Gasteiger partial charge in [0, 0.05) is 28.1 Å². The first-order valence-electron chi connectivity index (χ1n) is 6.76. The Balaban J connectivity index is 1.82. The number of rotatable bonds is 4. The van der Waals surface area contributed by atoms with Gasteiger partial charge in [-0.15, -0.1) is 0 Å². The molecule has 110 valence electrons. The lowest BCUT2D eigenvalue weighted by Gasteiger charge is -2.12. The zero-order valence-electron chi connectivity index (χ0n) is 11.5. The fourth-order valence-electron chi connectivity index (χ4n) is 2.06. The van der Waals surface area contributed by atoms with Gasteiger partial charge in [-0.25, -0.2) is 14.4 Å². The first-order chi connectivity index (χ1) is 10.0. The summed E-state index contributed by atoms with van der Waals surface area (Å²) in [6.07, 6.45) is 2.22. The molecule has 0 atom stereocenters. The van der Waals surface area contributed by atoms with E-state index < -0.39 is 0 Å². The van der Waals surface area contributed by atoms with Gasteiger partial charge in [-0.3, -0.25) is 0 Å². The third-order valence-electron chi connectivity index (χ3n) is 3.50. The van der Waals surface area contributed by atoms with Crippen molar-refractivity contribution in [3.8, 4) is 0 Å². The lowest BCUT2D eigenvalue weighted by atomic mass is 10.2. The van der Waals surface area contributed by atoms with Crippen molar-refractivity contribution in [2.24, 2.45) is 0 Å². The maximum atomic E-state index is 13.8. The minimum Gasteiger partial charge on any atom is -0.366 e. The van der Waals surface area contributed by atoms with Crippen LogP contribution in [0.2, 0.25) is 5.15 Å². The van der Waals surface area contributed by atoms with Gasteiger partial charge in [-0.1, -0.05) is 27.5 Å². The van der Waals surface area contributed by atoms with Crippen LogP contribution in [-0.2, 0) is 6.54 Å². The molecule has 0 unspecified atom stereocenters. The quantitative estimate of drug-likeness (QED) is 0.783. The summed E-state index contributed by atoms with van der Waals surface area (Å²) in [7, 11) is 0. The van der Waals surface area contributed by atoms with Crippen LogP contribution >= 0.6 is 27.5 Å². The Morgan fingerprint density at radius 3 is 2.86 bits per heavy atom. The Kier molecular flexibility index (Phi) is 4.13. The molecule has 0 aliphatic heterocycles. The number of anilines is 1. The van der Waals surface area contributed by atoms with E-state index in [1.165, 1.54) is 6.07 Å². The molecule has 3 nitrogen and oxygen atoms in total. The van der Waals surface area contributed by atoms with Gasteiger partial charge < -0.3 is 5.32 Å². The maximum absolute atomic E-state index is 13.8. The normalized spacial score (nSPS) is 14.3. The highest BCUT2D eigenvalue weighted by Crippen LogP contribution is 2.39. The summed E-state index contributed by atoms with van der Waals surface area (Å²) >= 11 is 9.50. The van der Waals surface area contributed by atoms with Crippen molar-refractivity contribution >= 4 is 33.3 Å². The van der Waals surface area contributed by atoms with Crippen molar-refractivity contribution < 1.29 is 4.39 Å². The first-order valence-corrected chi connectivity index (χ1v) is 7.93. The highest BCUT2D eigenvalue weighted by molar-refractivity contribution is 9.10. The number of nitrogens with zero attached hydrogens (tertiary/aromatic N) is 2. The average molecular weight is 371 g/mol. The third-order valence-corrected chi connectivity index (χ3v) is 4.36. The van der Waals surface area contributed by atoms with Gasteiger partial charge in [0.1, 0.15) is 22.6 Å². The zero-order valence-corrected chi connectivity index (χ0v) is 13.8. The second kappa shape index (κ2) is 5.89. The fraction of sp³-hybridized carbons (Fsp3) is 0.333. The van der Waals surface area contributed by atoms with Crippen LogP contribution in [0.3, 0.4) is 0 Å². The van der Waals surface area contributed by atoms with Crippen LogP contribution in [0, 0.1) is 12.7 Å². The Bertz CT molecular complexity index is 689. The topological polar surface area (TPSA) is 37.8 Å². The minimum absolute atomic E-state index is 0.245. The number of aromatic nitrogens is 2. The van der Waals surface area contributed by atoms with Gasteiger partial charge in [0.25, 0.3) is 0 Å². The van der Waals surface area contributed by atoms with Crippen molar-refractivity contribution in [2.75, 3.05) is 5.32 Å². The van der Waals surface area contributed by atoms with Crippen molar-refractivity contribution in [2.45, 2.75) is 32.2 Å². The third kappa shape index (κ3) is 3.35. The lowest BCUT2D eigenvalue weighted by Crippen LogP contribution is -2.08. The van der Waals surface area contributed by atoms with Gasteiger partial charge in [0.05, 0.1) is 0 Å². The van der Waals surface area contributed by atoms with E-state index in [4.69, 9.17) is 11.6 Å². The van der Waals surface area contributed by atoms with Gasteiger partial charge >= 0.3 is 0 Å². The Morgan fingerprint density at radius 1 is 1.38 bits per heavy atom. The molecule has 1 saturated carbocycles. The van der Waals surface area contributed by atoms with Crippen molar-refractivity contribution in [1.29, 1.82) is 0 Å². The standard InChI is InChI=1S/C15H14BrClFN3/c1-8-13(17)20-15(9-2-3-9)21-14(8)19-7-10-6-11(16)4-5-12(10)18/h4-6,9H,2-3,7H2,1H3,(H,19,20,21). The van der Waals surface area contributed by atoms with Gasteiger partial charge in [-0.2, -0.15) is 0 Å². The molecule has 3 rings (SSSR count). The molecule has 1 aliphatic carbocycles. The molecule has 0 bridgehead atoms. The number of nitrogens with one attached hydrogen (secondary N) is 1. The molecule has 1 N–H and O–H groups in total. The molecule has 21 heavy (non-hydrogen) atoms. The smallest absolute Gasteiger partial charge is 0.137 e. The average Bonchev–Trinajstić information content (AvgIpc) is 3.28. The predicted molar refractivity (Wildman–Crippen MR) is 85.2 cm³/mol. The fourth-order valence-corrected chi connectivity index (χ4v) is 2.64. The summed E-state index contributed by atoms with van der Waals surface area (Å²) in [5, 5.41) is 3.63. The number of hydrogen-bond acceptors (Lipinski definition) is 3. The van der Waals surface area contributed by atoms with Gasteiger partial charge in [0.2, 0.25) is 0 Å². The van der Waals surface area contributed by atoms with E-state index in [-0.39, 0.29) is 5.82 Å². The molecule has 1 aromatic heterocycles. The van der Waals surface area contributed by atoms with E-state index in [9.17, 15) is 4.39 Å². The summed E-state index contributed by atoms with van der Waals surface area (Å²) in [6.45, 7) is 2.21. The molecule has 1 aliphatic rings. The number of benzene rings is 1. The molecular weight excluding hydrogens is 357 g/mol.